The van der Waals surface area contributed by atoms with Crippen LogP contribution in [0.4, 0.5) is 11.4 Å². The fourth-order valence-electron chi connectivity index (χ4n) is 4.06. The molecule has 2 heterocycles. The number of amides is 2. The van der Waals surface area contributed by atoms with Crippen molar-refractivity contribution in [3.8, 4) is 0 Å². The Morgan fingerprint density at radius 3 is 2.71 bits per heavy atom. The van der Waals surface area contributed by atoms with Crippen molar-refractivity contribution < 1.29 is 9.59 Å². The molecule has 2 aliphatic rings. The normalized spacial score (nSPS) is 22.5. The summed E-state index contributed by atoms with van der Waals surface area (Å²) >= 11 is 0. The monoisotopic (exact) mass is 382 g/mol. The third-order valence-corrected chi connectivity index (χ3v) is 5.68. The van der Waals surface area contributed by atoms with Crippen molar-refractivity contribution in [3.05, 3.63) is 35.7 Å². The van der Waals surface area contributed by atoms with Crippen molar-refractivity contribution in [2.75, 3.05) is 16.8 Å². The number of nitrogens with zero attached hydrogens (tertiary/aromatic N) is 4. The van der Waals surface area contributed by atoms with Crippen LogP contribution in [-0.4, -0.2) is 39.4 Å². The molecule has 3 N–H and O–H groups in total. The van der Waals surface area contributed by atoms with Gasteiger partial charge in [-0.1, -0.05) is 5.21 Å². The van der Waals surface area contributed by atoms with Gasteiger partial charge in [0.25, 0.3) is 5.91 Å². The Balaban J connectivity index is 1.42. The van der Waals surface area contributed by atoms with Gasteiger partial charge in [-0.3, -0.25) is 9.59 Å². The number of carbonyl (C=O) groups excluding carboxylic acids is 2. The van der Waals surface area contributed by atoms with Crippen molar-refractivity contribution in [3.63, 3.8) is 0 Å². The van der Waals surface area contributed by atoms with Gasteiger partial charge in [0.1, 0.15) is 0 Å². The maximum Gasteiger partial charge on any atom is 0.277 e. The molecule has 0 atom stereocenters. The molecule has 1 aromatic carbocycles. The molecule has 4 rings (SSSR count). The Morgan fingerprint density at radius 2 is 2.04 bits per heavy atom. The van der Waals surface area contributed by atoms with Gasteiger partial charge in [0.2, 0.25) is 5.91 Å². The Kier molecular flexibility index (Phi) is 5.13. The lowest BCUT2D eigenvalue weighted by Crippen LogP contribution is -2.28. The third-order valence-electron chi connectivity index (χ3n) is 5.68. The molecule has 0 radical (unpaired) electrons. The van der Waals surface area contributed by atoms with Gasteiger partial charge in [-0.15, -0.1) is 5.10 Å². The van der Waals surface area contributed by atoms with Crippen LogP contribution in [0.1, 0.15) is 60.6 Å². The van der Waals surface area contributed by atoms with E-state index in [-0.39, 0.29) is 23.9 Å². The van der Waals surface area contributed by atoms with E-state index in [1.807, 2.05) is 30.0 Å². The molecule has 28 heavy (non-hydrogen) atoms. The highest BCUT2D eigenvalue weighted by Crippen LogP contribution is 2.28. The Morgan fingerprint density at radius 1 is 1.25 bits per heavy atom. The smallest absolute Gasteiger partial charge is 0.277 e. The van der Waals surface area contributed by atoms with Gasteiger partial charge < -0.3 is 16.0 Å². The van der Waals surface area contributed by atoms with Crippen LogP contribution in [0, 0.1) is 6.92 Å². The second-order valence-corrected chi connectivity index (χ2v) is 7.76. The molecule has 8 heteroatoms. The molecule has 1 saturated carbocycles. The number of rotatable bonds is 4. The summed E-state index contributed by atoms with van der Waals surface area (Å²) in [5.74, 6) is -0.136. The Labute approximate surface area is 164 Å². The van der Waals surface area contributed by atoms with Crippen molar-refractivity contribution >= 4 is 23.2 Å². The molecule has 2 aromatic rings. The van der Waals surface area contributed by atoms with Crippen LogP contribution < -0.4 is 16.0 Å². The number of nitrogens with one attached hydrogen (secondary N) is 1. The van der Waals surface area contributed by atoms with Gasteiger partial charge in [-0.25, -0.2) is 4.68 Å². The summed E-state index contributed by atoms with van der Waals surface area (Å²) in [7, 11) is 0. The Bertz CT molecular complexity index is 885. The topological polar surface area (TPSA) is 106 Å². The summed E-state index contributed by atoms with van der Waals surface area (Å²) in [6.45, 7) is 2.70. The van der Waals surface area contributed by atoms with Crippen LogP contribution >= 0.6 is 0 Å². The summed E-state index contributed by atoms with van der Waals surface area (Å²) in [5, 5.41) is 11.1. The lowest BCUT2D eigenvalue weighted by Gasteiger charge is -2.25. The molecular weight excluding hydrogens is 356 g/mol. The first-order valence-electron chi connectivity index (χ1n) is 9.91. The van der Waals surface area contributed by atoms with Gasteiger partial charge in [0.05, 0.1) is 12.2 Å². The fraction of sp³-hybridized carbons (Fsp3) is 0.500. The minimum atomic E-state index is -0.289. The highest BCUT2D eigenvalue weighted by Gasteiger charge is 2.24. The van der Waals surface area contributed by atoms with Crippen LogP contribution in [0.2, 0.25) is 0 Å². The molecule has 1 saturated heterocycles. The second kappa shape index (κ2) is 7.71. The summed E-state index contributed by atoms with van der Waals surface area (Å²) in [6, 6.07) is 6.11. The molecule has 8 nitrogen and oxygen atoms in total. The molecule has 0 spiro atoms. The summed E-state index contributed by atoms with van der Waals surface area (Å²) in [4.78, 5) is 26.3. The second-order valence-electron chi connectivity index (χ2n) is 7.76. The minimum Gasteiger partial charge on any atom is -0.328 e. The van der Waals surface area contributed by atoms with Crippen molar-refractivity contribution in [1.29, 1.82) is 0 Å². The molecule has 148 valence electrons. The van der Waals surface area contributed by atoms with E-state index in [4.69, 9.17) is 5.73 Å². The molecule has 1 aliphatic heterocycles. The van der Waals surface area contributed by atoms with E-state index in [0.29, 0.717) is 17.8 Å². The number of hydrogen-bond acceptors (Lipinski definition) is 5. The van der Waals surface area contributed by atoms with E-state index >= 15 is 0 Å². The number of carbonyl (C=O) groups is 2. The molecule has 1 aromatic heterocycles. The zero-order chi connectivity index (χ0) is 19.7. The Hall–Kier alpha value is -2.74. The average Bonchev–Trinajstić information content (AvgIpc) is 3.32. The third kappa shape index (κ3) is 3.77. The van der Waals surface area contributed by atoms with E-state index in [2.05, 4.69) is 15.6 Å². The maximum atomic E-state index is 12.6. The van der Waals surface area contributed by atoms with Gasteiger partial charge in [-0.05, 0) is 62.8 Å². The lowest BCUT2D eigenvalue weighted by atomic mass is 9.92. The molecule has 0 bridgehead atoms. The molecular formula is C20H26N6O2. The molecule has 2 amide bonds. The van der Waals surface area contributed by atoms with Gasteiger partial charge in [0, 0.05) is 30.4 Å². The summed E-state index contributed by atoms with van der Waals surface area (Å²) in [6.07, 6.45) is 7.05. The van der Waals surface area contributed by atoms with E-state index in [1.165, 1.54) is 0 Å². The lowest BCUT2D eigenvalue weighted by molar-refractivity contribution is -0.117. The number of aromatic nitrogens is 3. The maximum absolute atomic E-state index is 12.6. The van der Waals surface area contributed by atoms with Crippen LogP contribution in [0.3, 0.4) is 0 Å². The van der Waals surface area contributed by atoms with E-state index in [9.17, 15) is 9.59 Å². The molecule has 0 unspecified atom stereocenters. The van der Waals surface area contributed by atoms with E-state index in [0.717, 1.165) is 49.9 Å². The number of benzene rings is 1. The average molecular weight is 382 g/mol. The largest absolute Gasteiger partial charge is 0.328 e. The van der Waals surface area contributed by atoms with Crippen LogP contribution in [0.25, 0.3) is 0 Å². The minimum absolute atomic E-state index is 0.153. The van der Waals surface area contributed by atoms with Gasteiger partial charge >= 0.3 is 0 Å². The van der Waals surface area contributed by atoms with Gasteiger partial charge in [-0.2, -0.15) is 0 Å². The quantitative estimate of drug-likeness (QED) is 0.845. The van der Waals surface area contributed by atoms with E-state index in [1.54, 1.807) is 10.9 Å². The first kappa shape index (κ1) is 18.6. The molecule has 1 aliphatic carbocycles. The first-order valence-corrected chi connectivity index (χ1v) is 9.91. The fourth-order valence-corrected chi connectivity index (χ4v) is 4.06. The predicted octanol–water partition coefficient (Wildman–Crippen LogP) is 2.41. The van der Waals surface area contributed by atoms with E-state index < -0.39 is 0 Å². The number of aryl methyl sites for hydroxylation is 1. The predicted molar refractivity (Wildman–Crippen MR) is 106 cm³/mol. The molecule has 2 fully saturated rings. The van der Waals surface area contributed by atoms with Crippen molar-refractivity contribution in [1.82, 2.24) is 15.0 Å². The van der Waals surface area contributed by atoms with Crippen LogP contribution in [0.15, 0.2) is 24.4 Å². The number of anilines is 2. The SMILES string of the molecule is Cc1cc(NC(=O)c2cn(C3CCC(N)CC3)nn2)ccc1N1CCCC1=O. The van der Waals surface area contributed by atoms with Crippen LogP contribution in [-0.2, 0) is 4.79 Å². The van der Waals surface area contributed by atoms with Gasteiger partial charge in [0.15, 0.2) is 5.69 Å². The highest BCUT2D eigenvalue weighted by molar-refractivity contribution is 6.03. The standard InChI is InChI=1S/C20H26N6O2/c1-13-11-15(6-9-18(13)25-10-2-3-19(25)27)22-20(28)17-12-26(24-23-17)16-7-4-14(21)5-8-16/h6,9,11-12,14,16H,2-5,7-8,10,21H2,1H3,(H,22,28). The summed E-state index contributed by atoms with van der Waals surface area (Å²) < 4.78 is 1.79. The highest BCUT2D eigenvalue weighted by atomic mass is 16.2. The summed E-state index contributed by atoms with van der Waals surface area (Å²) in [5.41, 5.74) is 8.79. The van der Waals surface area contributed by atoms with Crippen molar-refractivity contribution in [2.24, 2.45) is 5.73 Å². The zero-order valence-electron chi connectivity index (χ0n) is 16.1. The van der Waals surface area contributed by atoms with Crippen LogP contribution in [0.5, 0.6) is 0 Å². The first-order chi connectivity index (χ1) is 13.5. The number of nitrogens with two attached hydrogens (primary N) is 1. The zero-order valence-corrected chi connectivity index (χ0v) is 16.1. The number of hydrogen-bond donors (Lipinski definition) is 2. The van der Waals surface area contributed by atoms with Crippen molar-refractivity contribution in [2.45, 2.75) is 57.5 Å².